The minimum atomic E-state index is -0.397. The number of benzene rings is 2. The maximum Gasteiger partial charge on any atom is 0.222 e. The Morgan fingerprint density at radius 2 is 1.54 bits per heavy atom. The van der Waals surface area contributed by atoms with E-state index in [1.807, 2.05) is 30.3 Å². The number of ether oxygens (including phenoxy) is 3. The molecule has 2 aromatic rings. The molecular weight excluding hydrogens is 360 g/mol. The first-order valence-electron chi connectivity index (χ1n) is 8.86. The minimum Gasteiger partial charge on any atom is -0.496 e. The molecule has 0 aliphatic carbocycles. The molecule has 0 spiro atoms. The van der Waals surface area contributed by atoms with Crippen LogP contribution >= 0.6 is 0 Å². The molecule has 0 bridgehead atoms. The van der Waals surface area contributed by atoms with E-state index in [1.165, 1.54) is 6.92 Å². The number of hydrogen-bond acceptors (Lipinski definition) is 5. The lowest BCUT2D eigenvalue weighted by Crippen LogP contribution is -2.32. The molecule has 0 aromatic heterocycles. The SMILES string of the molecule is COc1cc(OC)c(OC)cc1CNC(=O)C[C@H](NC(C)=O)c1ccccc1. The summed E-state index contributed by atoms with van der Waals surface area (Å²) < 4.78 is 16.0. The van der Waals surface area contributed by atoms with Gasteiger partial charge in [0.25, 0.3) is 0 Å². The Balaban J connectivity index is 2.09. The predicted octanol–water partition coefficient (Wildman–Crippen LogP) is 2.60. The summed E-state index contributed by atoms with van der Waals surface area (Å²) in [6.45, 7) is 1.69. The van der Waals surface area contributed by atoms with Gasteiger partial charge in [-0.25, -0.2) is 0 Å². The van der Waals surface area contributed by atoms with Crippen molar-refractivity contribution in [1.82, 2.24) is 10.6 Å². The van der Waals surface area contributed by atoms with E-state index in [0.29, 0.717) is 17.2 Å². The first-order chi connectivity index (χ1) is 13.5. The Kier molecular flexibility index (Phi) is 7.68. The number of carbonyl (C=O) groups excluding carboxylic acids is 2. The zero-order chi connectivity index (χ0) is 20.5. The van der Waals surface area contributed by atoms with Gasteiger partial charge in [-0.2, -0.15) is 0 Å². The summed E-state index contributed by atoms with van der Waals surface area (Å²) in [7, 11) is 4.64. The van der Waals surface area contributed by atoms with E-state index in [-0.39, 0.29) is 24.8 Å². The average Bonchev–Trinajstić information content (AvgIpc) is 2.71. The quantitative estimate of drug-likeness (QED) is 0.692. The number of hydrogen-bond donors (Lipinski definition) is 2. The number of rotatable bonds is 9. The number of nitrogens with one attached hydrogen (secondary N) is 2. The zero-order valence-corrected chi connectivity index (χ0v) is 16.6. The predicted molar refractivity (Wildman–Crippen MR) is 106 cm³/mol. The Morgan fingerprint density at radius 3 is 2.11 bits per heavy atom. The van der Waals surface area contributed by atoms with Crippen LogP contribution in [0.3, 0.4) is 0 Å². The summed E-state index contributed by atoms with van der Waals surface area (Å²) in [5.41, 5.74) is 1.63. The van der Waals surface area contributed by atoms with Crippen LogP contribution in [0.25, 0.3) is 0 Å². The second-order valence-electron chi connectivity index (χ2n) is 6.16. The molecule has 2 aromatic carbocycles. The third-order valence-corrected chi connectivity index (χ3v) is 4.23. The third kappa shape index (κ3) is 5.64. The number of carbonyl (C=O) groups is 2. The van der Waals surface area contributed by atoms with Crippen LogP contribution in [0.5, 0.6) is 17.2 Å². The standard InChI is InChI=1S/C21H26N2O5/c1-14(24)23-17(15-8-6-5-7-9-15)11-21(25)22-13-16-10-19(27-3)20(28-4)12-18(16)26-2/h5-10,12,17H,11,13H2,1-4H3,(H,22,25)(H,23,24)/t17-/m0/s1. The van der Waals surface area contributed by atoms with Crippen LogP contribution in [0.1, 0.15) is 30.5 Å². The van der Waals surface area contributed by atoms with Gasteiger partial charge >= 0.3 is 0 Å². The number of amides is 2. The topological polar surface area (TPSA) is 85.9 Å². The molecule has 1 atom stereocenters. The summed E-state index contributed by atoms with van der Waals surface area (Å²) in [5.74, 6) is 1.29. The molecule has 150 valence electrons. The highest BCUT2D eigenvalue weighted by Gasteiger charge is 2.18. The van der Waals surface area contributed by atoms with Gasteiger partial charge in [-0.3, -0.25) is 9.59 Å². The van der Waals surface area contributed by atoms with Gasteiger partial charge in [-0.05, 0) is 11.6 Å². The molecule has 2 N–H and O–H groups in total. The van der Waals surface area contributed by atoms with Gasteiger partial charge < -0.3 is 24.8 Å². The molecule has 0 aliphatic rings. The summed E-state index contributed by atoms with van der Waals surface area (Å²) in [6, 6.07) is 12.5. The Labute approximate surface area is 165 Å². The number of methoxy groups -OCH3 is 3. The van der Waals surface area contributed by atoms with E-state index in [2.05, 4.69) is 10.6 Å². The largest absolute Gasteiger partial charge is 0.496 e. The normalized spacial score (nSPS) is 11.3. The van der Waals surface area contributed by atoms with E-state index in [0.717, 1.165) is 11.1 Å². The molecule has 2 rings (SSSR count). The van der Waals surface area contributed by atoms with E-state index in [1.54, 1.807) is 33.5 Å². The Morgan fingerprint density at radius 1 is 0.929 bits per heavy atom. The van der Waals surface area contributed by atoms with Crippen LogP contribution in [-0.2, 0) is 16.1 Å². The summed E-state index contributed by atoms with van der Waals surface area (Å²) in [6.07, 6.45) is 0.124. The second-order valence-corrected chi connectivity index (χ2v) is 6.16. The van der Waals surface area contributed by atoms with Crippen molar-refractivity contribution in [2.24, 2.45) is 0 Å². The van der Waals surface area contributed by atoms with Crippen LogP contribution in [0.4, 0.5) is 0 Å². The zero-order valence-electron chi connectivity index (χ0n) is 16.6. The van der Waals surface area contributed by atoms with Gasteiger partial charge in [0.2, 0.25) is 11.8 Å². The van der Waals surface area contributed by atoms with Crippen molar-refractivity contribution in [2.45, 2.75) is 25.9 Å². The lowest BCUT2D eigenvalue weighted by atomic mass is 10.0. The summed E-state index contributed by atoms with van der Waals surface area (Å²) >= 11 is 0. The van der Waals surface area contributed by atoms with Crippen molar-refractivity contribution >= 4 is 11.8 Å². The molecule has 28 heavy (non-hydrogen) atoms. The monoisotopic (exact) mass is 386 g/mol. The molecule has 0 heterocycles. The van der Waals surface area contributed by atoms with Crippen LogP contribution in [-0.4, -0.2) is 33.1 Å². The highest BCUT2D eigenvalue weighted by atomic mass is 16.5. The van der Waals surface area contributed by atoms with Crippen molar-refractivity contribution in [3.8, 4) is 17.2 Å². The van der Waals surface area contributed by atoms with Crippen LogP contribution in [0.15, 0.2) is 42.5 Å². The van der Waals surface area contributed by atoms with Gasteiger partial charge in [0.05, 0.1) is 33.8 Å². The maximum atomic E-state index is 12.5. The van der Waals surface area contributed by atoms with Crippen molar-refractivity contribution in [3.05, 3.63) is 53.6 Å². The first-order valence-corrected chi connectivity index (χ1v) is 8.86. The Bertz CT molecular complexity index is 808. The van der Waals surface area contributed by atoms with Crippen molar-refractivity contribution in [1.29, 1.82) is 0 Å². The fourth-order valence-electron chi connectivity index (χ4n) is 2.86. The maximum absolute atomic E-state index is 12.5. The fraction of sp³-hybridized carbons (Fsp3) is 0.333. The van der Waals surface area contributed by atoms with E-state index >= 15 is 0 Å². The van der Waals surface area contributed by atoms with E-state index < -0.39 is 6.04 Å². The molecule has 0 radical (unpaired) electrons. The van der Waals surface area contributed by atoms with Crippen molar-refractivity contribution in [2.75, 3.05) is 21.3 Å². The van der Waals surface area contributed by atoms with E-state index in [4.69, 9.17) is 14.2 Å². The van der Waals surface area contributed by atoms with Crippen LogP contribution in [0.2, 0.25) is 0 Å². The molecule has 0 saturated carbocycles. The summed E-state index contributed by atoms with van der Waals surface area (Å²) in [5, 5.41) is 5.69. The van der Waals surface area contributed by atoms with Gasteiger partial charge in [0.1, 0.15) is 5.75 Å². The smallest absolute Gasteiger partial charge is 0.222 e. The molecule has 0 saturated heterocycles. The van der Waals surface area contributed by atoms with Crippen LogP contribution in [0, 0.1) is 0 Å². The van der Waals surface area contributed by atoms with Gasteiger partial charge in [0.15, 0.2) is 11.5 Å². The molecule has 7 nitrogen and oxygen atoms in total. The van der Waals surface area contributed by atoms with Crippen LogP contribution < -0.4 is 24.8 Å². The van der Waals surface area contributed by atoms with Crippen molar-refractivity contribution < 1.29 is 23.8 Å². The van der Waals surface area contributed by atoms with Crippen molar-refractivity contribution in [3.63, 3.8) is 0 Å². The van der Waals surface area contributed by atoms with E-state index in [9.17, 15) is 9.59 Å². The Hall–Kier alpha value is -3.22. The van der Waals surface area contributed by atoms with Gasteiger partial charge in [0, 0.05) is 25.1 Å². The van der Waals surface area contributed by atoms with Gasteiger partial charge in [-0.15, -0.1) is 0 Å². The molecule has 0 aliphatic heterocycles. The summed E-state index contributed by atoms with van der Waals surface area (Å²) in [4.78, 5) is 24.0. The minimum absolute atomic E-state index is 0.124. The molecule has 0 fully saturated rings. The molecule has 0 unspecified atom stereocenters. The van der Waals surface area contributed by atoms with Gasteiger partial charge in [-0.1, -0.05) is 30.3 Å². The highest BCUT2D eigenvalue weighted by Crippen LogP contribution is 2.34. The highest BCUT2D eigenvalue weighted by molar-refractivity contribution is 5.79. The lowest BCUT2D eigenvalue weighted by molar-refractivity contribution is -0.122. The average molecular weight is 386 g/mol. The third-order valence-electron chi connectivity index (χ3n) is 4.23. The molecule has 2 amide bonds. The first kappa shape index (κ1) is 21.1. The lowest BCUT2D eigenvalue weighted by Gasteiger charge is -2.19. The molecular formula is C21H26N2O5. The molecule has 7 heteroatoms. The second kappa shape index (κ2) is 10.2. The fourth-order valence-corrected chi connectivity index (χ4v) is 2.86.